The highest BCUT2D eigenvalue weighted by atomic mass is 19.1. The predicted octanol–water partition coefficient (Wildman–Crippen LogP) is 3.33. The van der Waals surface area contributed by atoms with E-state index in [9.17, 15) is 4.39 Å². The second kappa shape index (κ2) is 4.31. The smallest absolute Gasteiger partial charge is 0.133 e. The van der Waals surface area contributed by atoms with Crippen LogP contribution in [0.15, 0.2) is 42.7 Å². The molecule has 0 spiro atoms. The first-order valence-electron chi connectivity index (χ1n) is 5.92. The van der Waals surface area contributed by atoms with Crippen LogP contribution in [0.1, 0.15) is 5.56 Å². The number of nitrogens with zero attached hydrogens (tertiary/aromatic N) is 2. The summed E-state index contributed by atoms with van der Waals surface area (Å²) in [4.78, 5) is 8.31. The van der Waals surface area contributed by atoms with Crippen molar-refractivity contribution in [3.63, 3.8) is 0 Å². The van der Waals surface area contributed by atoms with Gasteiger partial charge in [0.15, 0.2) is 0 Å². The zero-order valence-electron chi connectivity index (χ0n) is 10.4. The lowest BCUT2D eigenvalue weighted by Gasteiger charge is -2.09. The fourth-order valence-corrected chi connectivity index (χ4v) is 2.20. The second-order valence-electron chi connectivity index (χ2n) is 4.42. The molecule has 0 bridgehead atoms. The fraction of sp³-hybridized carbons (Fsp3) is 0.0667. The minimum absolute atomic E-state index is 0.291. The van der Waals surface area contributed by atoms with Crippen LogP contribution in [0, 0.1) is 12.7 Å². The third-order valence-corrected chi connectivity index (χ3v) is 3.14. The van der Waals surface area contributed by atoms with Crippen LogP contribution in [0.5, 0.6) is 0 Å². The third-order valence-electron chi connectivity index (χ3n) is 3.14. The molecule has 2 N–H and O–H groups in total. The molecule has 0 aliphatic heterocycles. The number of rotatable bonds is 1. The first-order valence-corrected chi connectivity index (χ1v) is 5.92. The Morgan fingerprint density at radius 1 is 1.21 bits per heavy atom. The summed E-state index contributed by atoms with van der Waals surface area (Å²) in [6, 6.07) is 8.64. The summed E-state index contributed by atoms with van der Waals surface area (Å²) in [5.74, 6) is 0.0727. The average Bonchev–Trinajstić information content (AvgIpc) is 2.38. The van der Waals surface area contributed by atoms with Crippen molar-refractivity contribution in [1.29, 1.82) is 0 Å². The maximum Gasteiger partial charge on any atom is 0.133 e. The summed E-state index contributed by atoms with van der Waals surface area (Å²) in [5.41, 5.74) is 7.80. The van der Waals surface area contributed by atoms with Gasteiger partial charge >= 0.3 is 0 Å². The lowest BCUT2D eigenvalue weighted by atomic mass is 10.0. The van der Waals surface area contributed by atoms with E-state index in [1.54, 1.807) is 18.5 Å². The normalized spacial score (nSPS) is 10.8. The zero-order valence-corrected chi connectivity index (χ0v) is 10.4. The molecule has 0 atom stereocenters. The predicted molar refractivity (Wildman–Crippen MR) is 74.1 cm³/mol. The van der Waals surface area contributed by atoms with Gasteiger partial charge < -0.3 is 5.73 Å². The molecule has 0 radical (unpaired) electrons. The summed E-state index contributed by atoms with van der Waals surface area (Å²) >= 11 is 0. The number of halogens is 1. The minimum Gasteiger partial charge on any atom is -0.383 e. The maximum absolute atomic E-state index is 14.0. The molecule has 3 nitrogen and oxygen atoms in total. The van der Waals surface area contributed by atoms with Crippen LogP contribution >= 0.6 is 0 Å². The fourth-order valence-electron chi connectivity index (χ4n) is 2.20. The molecule has 3 aromatic rings. The Morgan fingerprint density at radius 2 is 2.05 bits per heavy atom. The van der Waals surface area contributed by atoms with E-state index in [1.165, 1.54) is 6.07 Å². The van der Waals surface area contributed by atoms with Crippen LogP contribution in [0.25, 0.3) is 22.0 Å². The quantitative estimate of drug-likeness (QED) is 0.723. The average molecular weight is 253 g/mol. The molecule has 2 aromatic heterocycles. The highest BCUT2D eigenvalue weighted by molar-refractivity contribution is 5.93. The van der Waals surface area contributed by atoms with Gasteiger partial charge in [-0.3, -0.25) is 4.98 Å². The number of hydrogen-bond donors (Lipinski definition) is 1. The van der Waals surface area contributed by atoms with Gasteiger partial charge in [-0.15, -0.1) is 0 Å². The zero-order chi connectivity index (χ0) is 13.4. The van der Waals surface area contributed by atoms with Crippen LogP contribution in [0.3, 0.4) is 0 Å². The molecular weight excluding hydrogens is 241 g/mol. The molecule has 19 heavy (non-hydrogen) atoms. The molecule has 2 heterocycles. The van der Waals surface area contributed by atoms with E-state index in [2.05, 4.69) is 9.97 Å². The summed E-state index contributed by atoms with van der Waals surface area (Å²) in [6.45, 7) is 1.85. The number of benzene rings is 1. The Kier molecular flexibility index (Phi) is 2.63. The van der Waals surface area contributed by atoms with E-state index >= 15 is 0 Å². The van der Waals surface area contributed by atoms with Crippen molar-refractivity contribution in [3.8, 4) is 11.3 Å². The topological polar surface area (TPSA) is 51.8 Å². The van der Waals surface area contributed by atoms with Gasteiger partial charge in [0.2, 0.25) is 0 Å². The van der Waals surface area contributed by atoms with Crippen molar-refractivity contribution in [1.82, 2.24) is 9.97 Å². The Labute approximate surface area is 109 Å². The molecule has 0 saturated carbocycles. The molecule has 0 saturated heterocycles. The minimum atomic E-state index is -0.291. The molecule has 4 heteroatoms. The summed E-state index contributed by atoms with van der Waals surface area (Å²) in [5, 5.41) is 1.68. The Morgan fingerprint density at radius 3 is 2.84 bits per heavy atom. The molecule has 0 aliphatic rings. The summed E-state index contributed by atoms with van der Waals surface area (Å²) < 4.78 is 14.0. The first-order chi connectivity index (χ1) is 9.16. The number of aryl methyl sites for hydroxylation is 1. The van der Waals surface area contributed by atoms with Crippen LogP contribution in [-0.4, -0.2) is 9.97 Å². The maximum atomic E-state index is 14.0. The van der Waals surface area contributed by atoms with E-state index in [4.69, 9.17) is 5.73 Å². The summed E-state index contributed by atoms with van der Waals surface area (Å²) in [7, 11) is 0. The van der Waals surface area contributed by atoms with E-state index in [-0.39, 0.29) is 5.82 Å². The SMILES string of the molecule is Cc1cccc(F)c1-c1cc2ccncc2c(N)n1. The number of aromatic nitrogens is 2. The van der Waals surface area contributed by atoms with Gasteiger partial charge in [0.05, 0.1) is 5.69 Å². The van der Waals surface area contributed by atoms with Crippen LogP contribution in [0.2, 0.25) is 0 Å². The Hall–Kier alpha value is -2.49. The Bertz CT molecular complexity index is 748. The number of pyridine rings is 2. The highest BCUT2D eigenvalue weighted by Gasteiger charge is 2.11. The van der Waals surface area contributed by atoms with Crippen molar-refractivity contribution in [3.05, 3.63) is 54.1 Å². The molecular formula is C15H12FN3. The van der Waals surface area contributed by atoms with Gasteiger partial charge in [-0.2, -0.15) is 0 Å². The monoisotopic (exact) mass is 253 g/mol. The molecule has 1 aromatic carbocycles. The van der Waals surface area contributed by atoms with Gasteiger partial charge in [0, 0.05) is 23.3 Å². The number of nitrogen functional groups attached to an aromatic ring is 1. The van der Waals surface area contributed by atoms with E-state index in [0.29, 0.717) is 17.1 Å². The highest BCUT2D eigenvalue weighted by Crippen LogP contribution is 2.29. The van der Waals surface area contributed by atoms with E-state index in [0.717, 1.165) is 16.3 Å². The standard InChI is InChI=1S/C15H12FN3/c1-9-3-2-4-12(16)14(9)13-7-10-5-6-18-8-11(10)15(17)19-13/h2-8H,1H3,(H2,17,19). The molecule has 94 valence electrons. The molecule has 0 aliphatic carbocycles. The van der Waals surface area contributed by atoms with E-state index in [1.807, 2.05) is 25.1 Å². The van der Waals surface area contributed by atoms with Gasteiger partial charge in [0.1, 0.15) is 11.6 Å². The molecule has 0 unspecified atom stereocenters. The van der Waals surface area contributed by atoms with Crippen molar-refractivity contribution in [2.24, 2.45) is 0 Å². The Balaban J connectivity index is 2.32. The molecule has 0 amide bonds. The first kappa shape index (κ1) is 11.6. The lowest BCUT2D eigenvalue weighted by Crippen LogP contribution is -1.97. The van der Waals surface area contributed by atoms with Gasteiger partial charge in [-0.25, -0.2) is 9.37 Å². The van der Waals surface area contributed by atoms with Gasteiger partial charge in [-0.05, 0) is 36.1 Å². The number of fused-ring (bicyclic) bond motifs is 1. The second-order valence-corrected chi connectivity index (χ2v) is 4.42. The molecule has 0 fully saturated rings. The number of anilines is 1. The molecule has 3 rings (SSSR count). The lowest BCUT2D eigenvalue weighted by molar-refractivity contribution is 0.629. The van der Waals surface area contributed by atoms with Crippen molar-refractivity contribution < 1.29 is 4.39 Å². The van der Waals surface area contributed by atoms with Gasteiger partial charge in [-0.1, -0.05) is 12.1 Å². The van der Waals surface area contributed by atoms with Crippen molar-refractivity contribution in [2.75, 3.05) is 5.73 Å². The number of nitrogens with two attached hydrogens (primary N) is 1. The van der Waals surface area contributed by atoms with Crippen LogP contribution in [0.4, 0.5) is 10.2 Å². The van der Waals surface area contributed by atoms with E-state index < -0.39 is 0 Å². The van der Waals surface area contributed by atoms with Gasteiger partial charge in [0.25, 0.3) is 0 Å². The largest absolute Gasteiger partial charge is 0.383 e. The van der Waals surface area contributed by atoms with Crippen LogP contribution < -0.4 is 5.73 Å². The third kappa shape index (κ3) is 1.91. The number of hydrogen-bond acceptors (Lipinski definition) is 3. The van der Waals surface area contributed by atoms with Crippen LogP contribution in [-0.2, 0) is 0 Å². The summed E-state index contributed by atoms with van der Waals surface area (Å²) in [6.07, 6.45) is 3.34. The van der Waals surface area contributed by atoms with Crippen molar-refractivity contribution >= 4 is 16.6 Å². The van der Waals surface area contributed by atoms with Crippen molar-refractivity contribution in [2.45, 2.75) is 6.92 Å².